The summed E-state index contributed by atoms with van der Waals surface area (Å²) in [5.41, 5.74) is 2.06. The number of nitrogens with one attached hydrogen (secondary N) is 1. The number of allylic oxidation sites excluding steroid dienone is 1. The van der Waals surface area contributed by atoms with E-state index in [1.54, 1.807) is 23.4 Å². The Morgan fingerprint density at radius 1 is 1.32 bits per heavy atom. The van der Waals surface area contributed by atoms with Crippen LogP contribution in [0.4, 0.5) is 5.95 Å². The number of hydrogen-bond acceptors (Lipinski definition) is 8. The number of carbonyl (C=O) groups is 1. The Labute approximate surface area is 167 Å². The van der Waals surface area contributed by atoms with Crippen LogP contribution in [0.3, 0.4) is 0 Å². The molecule has 1 atom stereocenters. The van der Waals surface area contributed by atoms with Crippen LogP contribution in [0, 0.1) is 0 Å². The van der Waals surface area contributed by atoms with Gasteiger partial charge in [0.25, 0.3) is 0 Å². The van der Waals surface area contributed by atoms with Crippen LogP contribution in [0.5, 0.6) is 11.5 Å². The Kier molecular flexibility index (Phi) is 5.17. The monoisotopic (exact) mass is 402 g/mol. The predicted molar refractivity (Wildman–Crippen MR) is 105 cm³/mol. The number of ether oxygens (including phenoxy) is 3. The van der Waals surface area contributed by atoms with Crippen LogP contribution in [-0.4, -0.2) is 46.3 Å². The molecule has 28 heavy (non-hydrogen) atoms. The number of rotatable bonds is 5. The zero-order valence-corrected chi connectivity index (χ0v) is 16.8. The molecule has 8 nitrogen and oxygen atoms in total. The maximum absolute atomic E-state index is 12.8. The summed E-state index contributed by atoms with van der Waals surface area (Å²) in [7, 11) is 0. The Hall–Kier alpha value is -2.68. The zero-order valence-electron chi connectivity index (χ0n) is 16.0. The second kappa shape index (κ2) is 7.75. The number of fused-ring (bicyclic) bond motifs is 2. The molecule has 1 unspecified atom stereocenters. The normalized spacial score (nSPS) is 17.8. The highest BCUT2D eigenvalue weighted by Gasteiger charge is 2.35. The summed E-state index contributed by atoms with van der Waals surface area (Å²) in [4.78, 5) is 17.3. The number of hydrogen-bond donors (Lipinski definition) is 1. The first-order chi connectivity index (χ1) is 13.6. The fourth-order valence-electron chi connectivity index (χ4n) is 3.33. The first kappa shape index (κ1) is 18.7. The molecule has 0 saturated carbocycles. The summed E-state index contributed by atoms with van der Waals surface area (Å²) in [6, 6.07) is 5.22. The number of esters is 1. The minimum Gasteiger partial charge on any atom is -0.486 e. The minimum atomic E-state index is -0.468. The van der Waals surface area contributed by atoms with Crippen molar-refractivity contribution in [2.45, 2.75) is 32.0 Å². The van der Waals surface area contributed by atoms with Crippen molar-refractivity contribution < 1.29 is 19.0 Å². The molecule has 1 N–H and O–H groups in total. The third kappa shape index (κ3) is 3.30. The van der Waals surface area contributed by atoms with Crippen molar-refractivity contribution in [2.24, 2.45) is 0 Å². The molecular formula is C19H22N4O4S. The van der Waals surface area contributed by atoms with Gasteiger partial charge in [-0.25, -0.2) is 9.48 Å². The Morgan fingerprint density at radius 2 is 2.11 bits per heavy atom. The number of benzene rings is 1. The lowest BCUT2D eigenvalue weighted by atomic mass is 9.95. The molecule has 1 aromatic carbocycles. The van der Waals surface area contributed by atoms with Gasteiger partial charge in [-0.15, -0.1) is 5.10 Å². The van der Waals surface area contributed by atoms with E-state index in [0.717, 1.165) is 11.3 Å². The van der Waals surface area contributed by atoms with E-state index >= 15 is 0 Å². The van der Waals surface area contributed by atoms with Crippen LogP contribution in [0.1, 0.15) is 32.4 Å². The fourth-order valence-corrected chi connectivity index (χ4v) is 3.89. The van der Waals surface area contributed by atoms with Gasteiger partial charge in [0, 0.05) is 5.70 Å². The highest BCUT2D eigenvalue weighted by atomic mass is 32.2. The standard InChI is InChI=1S/C19H22N4O4S/c1-4-25-17(24)15-11(3)20-18-21-19(28-5-2)22-23(18)16(15)12-6-7-13-14(10-12)27-9-8-26-13/h6-7,10,16H,4-5,8-9H2,1-3H3,(H,20,21,22). The fraction of sp³-hybridized carbons (Fsp3) is 0.421. The third-order valence-corrected chi connectivity index (χ3v) is 5.20. The van der Waals surface area contributed by atoms with Crippen molar-refractivity contribution in [3.63, 3.8) is 0 Å². The molecule has 148 valence electrons. The first-order valence-corrected chi connectivity index (χ1v) is 10.2. The van der Waals surface area contributed by atoms with E-state index in [2.05, 4.69) is 15.4 Å². The van der Waals surface area contributed by atoms with Gasteiger partial charge in [0.15, 0.2) is 11.5 Å². The smallest absolute Gasteiger partial charge is 0.338 e. The number of thioether (sulfide) groups is 1. The topological polar surface area (TPSA) is 87.5 Å². The van der Waals surface area contributed by atoms with Gasteiger partial charge in [-0.05, 0) is 37.3 Å². The Morgan fingerprint density at radius 3 is 2.86 bits per heavy atom. The van der Waals surface area contributed by atoms with Gasteiger partial charge in [0.1, 0.15) is 19.3 Å². The SMILES string of the molecule is CCOC(=O)C1=C(C)Nc2nc(SCC)nn2C1c1ccc2c(c1)OCCO2. The molecule has 0 fully saturated rings. The molecule has 4 rings (SSSR count). The number of carbonyl (C=O) groups excluding carboxylic acids is 1. The summed E-state index contributed by atoms with van der Waals surface area (Å²) < 4.78 is 18.4. The zero-order chi connectivity index (χ0) is 19.7. The van der Waals surface area contributed by atoms with Crippen LogP contribution in [0.15, 0.2) is 34.6 Å². The lowest BCUT2D eigenvalue weighted by molar-refractivity contribution is -0.139. The highest BCUT2D eigenvalue weighted by molar-refractivity contribution is 7.99. The first-order valence-electron chi connectivity index (χ1n) is 9.26. The van der Waals surface area contributed by atoms with E-state index in [-0.39, 0.29) is 5.97 Å². The summed E-state index contributed by atoms with van der Waals surface area (Å²) in [6.07, 6.45) is 0. The summed E-state index contributed by atoms with van der Waals surface area (Å²) in [5, 5.41) is 8.48. The van der Waals surface area contributed by atoms with Crippen molar-refractivity contribution >= 4 is 23.7 Å². The largest absolute Gasteiger partial charge is 0.486 e. The lowest BCUT2D eigenvalue weighted by Crippen LogP contribution is -2.29. The van der Waals surface area contributed by atoms with E-state index in [4.69, 9.17) is 14.2 Å². The van der Waals surface area contributed by atoms with E-state index in [1.165, 1.54) is 0 Å². The van der Waals surface area contributed by atoms with E-state index < -0.39 is 6.04 Å². The second-order valence-electron chi connectivity index (χ2n) is 6.29. The quantitative estimate of drug-likeness (QED) is 0.603. The molecule has 0 saturated heterocycles. The van der Waals surface area contributed by atoms with Crippen molar-refractivity contribution in [2.75, 3.05) is 30.9 Å². The predicted octanol–water partition coefficient (Wildman–Crippen LogP) is 3.01. The molecule has 0 spiro atoms. The lowest BCUT2D eigenvalue weighted by Gasteiger charge is -2.29. The molecule has 1 aromatic heterocycles. The summed E-state index contributed by atoms with van der Waals surface area (Å²) in [5.74, 6) is 2.44. The highest BCUT2D eigenvalue weighted by Crippen LogP contribution is 2.40. The van der Waals surface area contributed by atoms with Crippen LogP contribution in [-0.2, 0) is 9.53 Å². The molecular weight excluding hydrogens is 380 g/mol. The van der Waals surface area contributed by atoms with Crippen molar-refractivity contribution in [1.29, 1.82) is 0 Å². The van der Waals surface area contributed by atoms with Gasteiger partial charge in [-0.1, -0.05) is 24.8 Å². The summed E-state index contributed by atoms with van der Waals surface area (Å²) >= 11 is 1.55. The number of aromatic nitrogens is 3. The van der Waals surface area contributed by atoms with Crippen molar-refractivity contribution in [3.05, 3.63) is 35.0 Å². The number of nitrogens with zero attached hydrogens (tertiary/aromatic N) is 3. The van der Waals surface area contributed by atoms with Crippen LogP contribution in [0.25, 0.3) is 0 Å². The van der Waals surface area contributed by atoms with Gasteiger partial charge in [-0.3, -0.25) is 0 Å². The van der Waals surface area contributed by atoms with Crippen LogP contribution < -0.4 is 14.8 Å². The average molecular weight is 402 g/mol. The molecule has 2 aliphatic heterocycles. The van der Waals surface area contributed by atoms with Gasteiger partial charge in [-0.2, -0.15) is 4.98 Å². The minimum absolute atomic E-state index is 0.296. The third-order valence-electron chi connectivity index (χ3n) is 4.48. The maximum Gasteiger partial charge on any atom is 0.338 e. The van der Waals surface area contributed by atoms with E-state index in [1.807, 2.05) is 32.0 Å². The molecule has 0 radical (unpaired) electrons. The van der Waals surface area contributed by atoms with Gasteiger partial charge in [0.05, 0.1) is 12.2 Å². The molecule has 2 aromatic rings. The molecule has 3 heterocycles. The molecule has 0 amide bonds. The van der Waals surface area contributed by atoms with Crippen LogP contribution >= 0.6 is 11.8 Å². The summed E-state index contributed by atoms with van der Waals surface area (Å²) in [6.45, 7) is 7.00. The molecule has 0 bridgehead atoms. The molecule has 0 aliphatic carbocycles. The average Bonchev–Trinajstić information content (AvgIpc) is 3.08. The van der Waals surface area contributed by atoms with E-state index in [0.29, 0.717) is 53.7 Å². The van der Waals surface area contributed by atoms with Gasteiger partial charge >= 0.3 is 5.97 Å². The van der Waals surface area contributed by atoms with E-state index in [9.17, 15) is 4.79 Å². The van der Waals surface area contributed by atoms with Crippen LogP contribution in [0.2, 0.25) is 0 Å². The van der Waals surface area contributed by atoms with Crippen molar-refractivity contribution in [1.82, 2.24) is 14.8 Å². The molecule has 2 aliphatic rings. The van der Waals surface area contributed by atoms with Gasteiger partial charge < -0.3 is 19.5 Å². The van der Waals surface area contributed by atoms with Crippen molar-refractivity contribution in [3.8, 4) is 11.5 Å². The molecule has 9 heteroatoms. The Balaban J connectivity index is 1.83. The number of anilines is 1. The second-order valence-corrected chi connectivity index (χ2v) is 7.52. The van der Waals surface area contributed by atoms with Gasteiger partial charge in [0.2, 0.25) is 11.1 Å². The Bertz CT molecular complexity index is 940. The maximum atomic E-state index is 12.8.